The normalized spacial score (nSPS) is 26.5. The van der Waals surface area contributed by atoms with Crippen molar-refractivity contribution in [1.29, 1.82) is 0 Å². The number of sulfone groups is 2. The van der Waals surface area contributed by atoms with Gasteiger partial charge in [-0.25, -0.2) is 16.8 Å². The van der Waals surface area contributed by atoms with E-state index in [-0.39, 0.29) is 0 Å². The van der Waals surface area contributed by atoms with Crippen LogP contribution in [0.2, 0.25) is 0 Å². The molecule has 0 amide bonds. The Kier molecular flexibility index (Phi) is 2.84. The summed E-state index contributed by atoms with van der Waals surface area (Å²) >= 11 is 0. The van der Waals surface area contributed by atoms with Crippen molar-refractivity contribution >= 4 is 19.7 Å². The molecule has 7 heteroatoms. The molecule has 1 aliphatic heterocycles. The van der Waals surface area contributed by atoms with E-state index in [9.17, 15) is 21.9 Å². The molecule has 0 saturated heterocycles. The van der Waals surface area contributed by atoms with Gasteiger partial charge in [0.05, 0.1) is 11.9 Å². The standard InChI is InChI=1S/C7H10O5S2/c1-2-13(9,10)5-6(8)7-3-4-14(7,11)12/h2-4,6-8H,1,5H2. The molecule has 0 aromatic carbocycles. The van der Waals surface area contributed by atoms with Gasteiger partial charge in [-0.1, -0.05) is 12.7 Å². The van der Waals surface area contributed by atoms with Gasteiger partial charge in [0.25, 0.3) is 0 Å². The number of hydrogen-bond donors (Lipinski definition) is 1. The smallest absolute Gasteiger partial charge is 0.180 e. The molecule has 2 unspecified atom stereocenters. The molecular formula is C7H10O5S2. The van der Waals surface area contributed by atoms with E-state index in [4.69, 9.17) is 0 Å². The van der Waals surface area contributed by atoms with Gasteiger partial charge in [-0.3, -0.25) is 0 Å². The molecule has 0 fully saturated rings. The van der Waals surface area contributed by atoms with Gasteiger partial charge >= 0.3 is 0 Å². The predicted molar refractivity (Wildman–Crippen MR) is 51.8 cm³/mol. The number of aliphatic hydroxyl groups is 1. The van der Waals surface area contributed by atoms with Gasteiger partial charge in [0, 0.05) is 10.8 Å². The van der Waals surface area contributed by atoms with E-state index in [1.54, 1.807) is 0 Å². The molecule has 14 heavy (non-hydrogen) atoms. The van der Waals surface area contributed by atoms with E-state index < -0.39 is 36.8 Å². The van der Waals surface area contributed by atoms with Crippen molar-refractivity contribution in [2.75, 3.05) is 5.75 Å². The lowest BCUT2D eigenvalue weighted by Gasteiger charge is -2.23. The maximum Gasteiger partial charge on any atom is 0.180 e. The lowest BCUT2D eigenvalue weighted by Crippen LogP contribution is -2.40. The fourth-order valence-electron chi connectivity index (χ4n) is 1.05. The van der Waals surface area contributed by atoms with Crippen LogP contribution in [0.3, 0.4) is 0 Å². The van der Waals surface area contributed by atoms with Crippen molar-refractivity contribution in [3.8, 4) is 0 Å². The highest BCUT2D eigenvalue weighted by molar-refractivity contribution is 7.96. The molecule has 0 aromatic rings. The second-order valence-electron chi connectivity index (χ2n) is 2.95. The van der Waals surface area contributed by atoms with E-state index in [0.29, 0.717) is 5.41 Å². The molecule has 0 spiro atoms. The first kappa shape index (κ1) is 11.4. The van der Waals surface area contributed by atoms with Crippen LogP contribution in [0.25, 0.3) is 0 Å². The predicted octanol–water partition coefficient (Wildman–Crippen LogP) is -0.784. The fourth-order valence-corrected chi connectivity index (χ4v) is 3.12. The van der Waals surface area contributed by atoms with Crippen LogP contribution in [0.5, 0.6) is 0 Å². The van der Waals surface area contributed by atoms with Crippen molar-refractivity contribution in [1.82, 2.24) is 0 Å². The lowest BCUT2D eigenvalue weighted by atomic mass is 10.3. The Morgan fingerprint density at radius 1 is 1.57 bits per heavy atom. The Hall–Kier alpha value is -0.660. The average molecular weight is 238 g/mol. The van der Waals surface area contributed by atoms with Crippen LogP contribution in [-0.2, 0) is 19.7 Å². The molecule has 0 saturated carbocycles. The molecule has 1 rings (SSSR count). The first-order chi connectivity index (χ1) is 6.28. The Labute approximate surface area is 82.6 Å². The third-order valence-corrected chi connectivity index (χ3v) is 4.95. The Morgan fingerprint density at radius 2 is 2.14 bits per heavy atom. The van der Waals surface area contributed by atoms with E-state index in [1.807, 2.05) is 0 Å². The largest absolute Gasteiger partial charge is 0.390 e. The minimum atomic E-state index is -3.57. The second-order valence-corrected chi connectivity index (χ2v) is 6.93. The quantitative estimate of drug-likeness (QED) is 0.694. The molecule has 1 N–H and O–H groups in total. The highest BCUT2D eigenvalue weighted by Gasteiger charge is 2.36. The minimum absolute atomic E-state index is 0.620. The molecule has 0 radical (unpaired) electrons. The SMILES string of the molecule is C=CS(=O)(=O)CC(O)C1C=CS1(=O)=O. The summed E-state index contributed by atoms with van der Waals surface area (Å²) in [6, 6.07) is 0. The summed E-state index contributed by atoms with van der Waals surface area (Å²) in [5.41, 5.74) is 0. The van der Waals surface area contributed by atoms with E-state index in [0.717, 1.165) is 5.41 Å². The maximum absolute atomic E-state index is 11.0. The van der Waals surface area contributed by atoms with Crippen LogP contribution >= 0.6 is 0 Å². The Bertz CT molecular complexity index is 456. The van der Waals surface area contributed by atoms with Gasteiger partial charge in [0.1, 0.15) is 5.25 Å². The topological polar surface area (TPSA) is 88.5 Å². The van der Waals surface area contributed by atoms with Crippen LogP contribution in [0, 0.1) is 0 Å². The van der Waals surface area contributed by atoms with Gasteiger partial charge in [0.2, 0.25) is 0 Å². The molecule has 0 aromatic heterocycles. The van der Waals surface area contributed by atoms with E-state index >= 15 is 0 Å². The van der Waals surface area contributed by atoms with Crippen molar-refractivity contribution in [3.05, 3.63) is 23.5 Å². The van der Waals surface area contributed by atoms with Crippen molar-refractivity contribution in [3.63, 3.8) is 0 Å². The first-order valence-corrected chi connectivity index (χ1v) is 7.06. The zero-order valence-corrected chi connectivity index (χ0v) is 8.83. The van der Waals surface area contributed by atoms with Gasteiger partial charge in [-0.05, 0) is 0 Å². The average Bonchev–Trinajstić information content (AvgIpc) is 2.01. The number of hydrogen-bond acceptors (Lipinski definition) is 5. The monoisotopic (exact) mass is 238 g/mol. The molecule has 1 aliphatic rings. The summed E-state index contributed by atoms with van der Waals surface area (Å²) < 4.78 is 43.9. The molecule has 5 nitrogen and oxygen atoms in total. The summed E-state index contributed by atoms with van der Waals surface area (Å²) in [7, 11) is -7.01. The van der Waals surface area contributed by atoms with Crippen LogP contribution < -0.4 is 0 Å². The molecule has 0 bridgehead atoms. The number of aliphatic hydroxyl groups excluding tert-OH is 1. The number of rotatable bonds is 4. The molecule has 80 valence electrons. The zero-order chi connectivity index (χ0) is 11.0. The van der Waals surface area contributed by atoms with Gasteiger partial charge < -0.3 is 5.11 Å². The molecule has 2 atom stereocenters. The van der Waals surface area contributed by atoms with Crippen molar-refractivity contribution < 1.29 is 21.9 Å². The Balaban J connectivity index is 2.76. The molecule has 0 aliphatic carbocycles. The summed E-state index contributed by atoms with van der Waals surface area (Å²) in [6.07, 6.45) is -0.161. The van der Waals surface area contributed by atoms with Crippen LogP contribution in [-0.4, -0.2) is 39.0 Å². The maximum atomic E-state index is 11.0. The van der Waals surface area contributed by atoms with Crippen LogP contribution in [0.1, 0.15) is 0 Å². The van der Waals surface area contributed by atoms with Crippen molar-refractivity contribution in [2.24, 2.45) is 0 Å². The van der Waals surface area contributed by atoms with Crippen molar-refractivity contribution in [2.45, 2.75) is 11.4 Å². The molecular weight excluding hydrogens is 228 g/mol. The van der Waals surface area contributed by atoms with Gasteiger partial charge in [-0.15, -0.1) is 0 Å². The lowest BCUT2D eigenvalue weighted by molar-refractivity contribution is 0.201. The second kappa shape index (κ2) is 3.48. The third kappa shape index (κ3) is 2.23. The summed E-state index contributed by atoms with van der Waals surface area (Å²) in [4.78, 5) is 0. The molecule has 1 heterocycles. The Morgan fingerprint density at radius 3 is 2.43 bits per heavy atom. The van der Waals surface area contributed by atoms with Crippen LogP contribution in [0.4, 0.5) is 0 Å². The van der Waals surface area contributed by atoms with Crippen LogP contribution in [0.15, 0.2) is 23.5 Å². The van der Waals surface area contributed by atoms with Gasteiger partial charge in [-0.2, -0.15) is 0 Å². The highest BCUT2D eigenvalue weighted by atomic mass is 32.2. The minimum Gasteiger partial charge on any atom is -0.390 e. The third-order valence-electron chi connectivity index (χ3n) is 1.87. The fraction of sp³-hybridized carbons (Fsp3) is 0.429. The summed E-state index contributed by atoms with van der Waals surface area (Å²) in [5.74, 6) is -0.620. The first-order valence-electron chi connectivity index (χ1n) is 3.74. The zero-order valence-electron chi connectivity index (χ0n) is 7.20. The van der Waals surface area contributed by atoms with Gasteiger partial charge in [0.15, 0.2) is 19.7 Å². The highest BCUT2D eigenvalue weighted by Crippen LogP contribution is 2.21. The summed E-state index contributed by atoms with van der Waals surface area (Å²) in [6.45, 7) is 3.06. The summed E-state index contributed by atoms with van der Waals surface area (Å²) in [5, 5.41) is 9.86. The van der Waals surface area contributed by atoms with E-state index in [2.05, 4.69) is 6.58 Å². The van der Waals surface area contributed by atoms with E-state index in [1.165, 1.54) is 6.08 Å².